The van der Waals surface area contributed by atoms with Crippen molar-refractivity contribution in [3.05, 3.63) is 94.5 Å². The van der Waals surface area contributed by atoms with E-state index in [0.29, 0.717) is 24.3 Å². The number of rotatable bonds is 14. The van der Waals surface area contributed by atoms with Crippen LogP contribution in [0.4, 0.5) is 36.4 Å². The number of anilines is 4. The summed E-state index contributed by atoms with van der Waals surface area (Å²) >= 11 is 6.01. The number of carbonyl (C=O) groups is 4. The highest BCUT2D eigenvalue weighted by Crippen LogP contribution is 2.48. The molecule has 53 heavy (non-hydrogen) atoms. The molecule has 0 unspecified atom stereocenters. The molecule has 3 amide bonds. The van der Waals surface area contributed by atoms with E-state index in [9.17, 15) is 37.5 Å². The van der Waals surface area contributed by atoms with Crippen molar-refractivity contribution in [1.29, 1.82) is 0 Å². The Morgan fingerprint density at radius 2 is 1.51 bits per heavy atom. The molecule has 5 rings (SSSR count). The normalized spacial score (nSPS) is 13.4. The van der Waals surface area contributed by atoms with Crippen LogP contribution in [0.1, 0.15) is 34.3 Å². The zero-order valence-corrected chi connectivity index (χ0v) is 28.2. The molecule has 0 radical (unpaired) electrons. The van der Waals surface area contributed by atoms with E-state index in [1.54, 1.807) is 24.3 Å². The first kappa shape index (κ1) is 38.1. The number of benzene rings is 3. The van der Waals surface area contributed by atoms with Crippen molar-refractivity contribution in [1.82, 2.24) is 20.3 Å². The number of aliphatic imine (C=N–C) groups is 1. The lowest BCUT2D eigenvalue weighted by molar-refractivity contribution is -0.154. The second kappa shape index (κ2) is 16.5. The molecule has 1 aliphatic carbocycles. The number of hydrogen-bond acceptors (Lipinski definition) is 11. The van der Waals surface area contributed by atoms with Crippen molar-refractivity contribution in [2.24, 2.45) is 4.99 Å². The summed E-state index contributed by atoms with van der Waals surface area (Å²) in [7, 11) is 0. The third kappa shape index (κ3) is 10.9. The van der Waals surface area contributed by atoms with Crippen molar-refractivity contribution in [2.75, 3.05) is 35.7 Å². The van der Waals surface area contributed by atoms with Crippen LogP contribution in [0.25, 0.3) is 0 Å². The fourth-order valence-corrected chi connectivity index (χ4v) is 4.89. The number of carboxylic acids is 1. The Morgan fingerprint density at radius 1 is 0.868 bits per heavy atom. The van der Waals surface area contributed by atoms with Crippen LogP contribution in [-0.2, 0) is 26.3 Å². The van der Waals surface area contributed by atoms with Gasteiger partial charge in [-0.2, -0.15) is 28.1 Å². The van der Waals surface area contributed by atoms with E-state index < -0.39 is 60.3 Å². The lowest BCUT2D eigenvalue weighted by Crippen LogP contribution is -2.40. The Kier molecular flexibility index (Phi) is 11.8. The maximum atomic E-state index is 12.9. The first-order valence-corrected chi connectivity index (χ1v) is 16.1. The number of carboxylic acid groups (broad SMARTS) is 1. The highest BCUT2D eigenvalue weighted by Gasteiger charge is 2.45. The van der Waals surface area contributed by atoms with Gasteiger partial charge in [0.1, 0.15) is 5.71 Å². The van der Waals surface area contributed by atoms with E-state index in [2.05, 4.69) is 41.2 Å². The molecule has 0 aliphatic heterocycles. The van der Waals surface area contributed by atoms with Crippen LogP contribution in [-0.4, -0.2) is 80.5 Å². The average Bonchev–Trinajstić information content (AvgIpc) is 3.90. The standard InChI is InChI=1S/C34H30ClF3N8O7/c35-22-7-5-21(6-8-22)33(14-15-33)46-31-43-30(44-32(45-31)53-18-34(36,37)38)41-24-11-3-20(4-12-24)26(48)42-25(29(51)52)17-39-27(49)28(50)40-23-9-1-19(2-10-23)13-16-47/h1-12,47H,13-18H2,(H,39,49)(H,40,50)(H,51,52)(H2,41,43,44,45,46)/b42-25-. The number of nitrogens with one attached hydrogen (secondary N) is 4. The van der Waals surface area contributed by atoms with Crippen LogP contribution in [0.5, 0.6) is 6.01 Å². The predicted octanol–water partition coefficient (Wildman–Crippen LogP) is 4.27. The van der Waals surface area contributed by atoms with Crippen molar-refractivity contribution in [3.63, 3.8) is 0 Å². The Bertz CT molecular complexity index is 2010. The van der Waals surface area contributed by atoms with E-state index in [-0.39, 0.29) is 35.4 Å². The van der Waals surface area contributed by atoms with Crippen LogP contribution in [0.15, 0.2) is 77.8 Å². The van der Waals surface area contributed by atoms with Gasteiger partial charge in [-0.3, -0.25) is 14.4 Å². The monoisotopic (exact) mass is 754 g/mol. The molecule has 1 saturated carbocycles. The minimum atomic E-state index is -4.66. The van der Waals surface area contributed by atoms with Gasteiger partial charge >= 0.3 is 30.0 Å². The summed E-state index contributed by atoms with van der Waals surface area (Å²) in [5.74, 6) is -5.12. The predicted molar refractivity (Wildman–Crippen MR) is 185 cm³/mol. The fraction of sp³-hybridized carbons (Fsp3) is 0.235. The molecule has 0 bridgehead atoms. The van der Waals surface area contributed by atoms with Crippen molar-refractivity contribution in [3.8, 4) is 6.01 Å². The van der Waals surface area contributed by atoms with Gasteiger partial charge in [0.2, 0.25) is 11.9 Å². The molecule has 19 heteroatoms. The fourth-order valence-electron chi connectivity index (χ4n) is 4.76. The Balaban J connectivity index is 1.24. The molecule has 1 aromatic heterocycles. The van der Waals surface area contributed by atoms with Crippen LogP contribution < -0.4 is 26.0 Å². The zero-order chi connectivity index (χ0) is 38.2. The number of carbonyl (C=O) groups excluding carboxylic acids is 3. The molecular weight excluding hydrogens is 725 g/mol. The molecule has 4 aromatic rings. The van der Waals surface area contributed by atoms with Crippen LogP contribution in [0, 0.1) is 0 Å². The SMILES string of the molecule is O=C(NC/C(=N/C(=O)c1ccc(Nc2nc(NC3(c4ccc(Cl)cc4)CC3)nc(OCC(F)(F)F)n2)cc1)C(=O)O)C(=O)Nc1ccc(CCO)cc1. The largest absolute Gasteiger partial charge is 0.477 e. The summed E-state index contributed by atoms with van der Waals surface area (Å²) in [5, 5.41) is 29.5. The number of alkyl halides is 3. The van der Waals surface area contributed by atoms with Crippen molar-refractivity contribution >= 4 is 64.3 Å². The van der Waals surface area contributed by atoms with E-state index in [4.69, 9.17) is 21.4 Å². The van der Waals surface area contributed by atoms with Gasteiger partial charge in [-0.05, 0) is 78.9 Å². The number of amides is 3. The number of hydrogen-bond donors (Lipinski definition) is 6. The minimum Gasteiger partial charge on any atom is -0.477 e. The highest BCUT2D eigenvalue weighted by atomic mass is 35.5. The number of aliphatic hydroxyl groups is 1. The lowest BCUT2D eigenvalue weighted by atomic mass is 10.1. The molecule has 1 heterocycles. The molecular formula is C34H30ClF3N8O7. The topological polar surface area (TPSA) is 217 Å². The number of halogens is 4. The van der Waals surface area contributed by atoms with Crippen molar-refractivity contribution in [2.45, 2.75) is 31.0 Å². The second-order valence-electron chi connectivity index (χ2n) is 11.6. The van der Waals surface area contributed by atoms with E-state index in [0.717, 1.165) is 11.1 Å². The van der Waals surface area contributed by atoms with Gasteiger partial charge in [-0.1, -0.05) is 35.9 Å². The number of nitrogens with zero attached hydrogens (tertiary/aromatic N) is 4. The van der Waals surface area contributed by atoms with Gasteiger partial charge < -0.3 is 36.2 Å². The van der Waals surface area contributed by atoms with Crippen LogP contribution in [0.2, 0.25) is 5.02 Å². The third-order valence-corrected chi connectivity index (χ3v) is 7.84. The van der Waals surface area contributed by atoms with Gasteiger partial charge in [0.25, 0.3) is 5.91 Å². The van der Waals surface area contributed by atoms with Gasteiger partial charge in [-0.15, -0.1) is 0 Å². The van der Waals surface area contributed by atoms with Gasteiger partial charge in [0.15, 0.2) is 6.61 Å². The Hall–Kier alpha value is -6.14. The van der Waals surface area contributed by atoms with Crippen LogP contribution >= 0.6 is 11.6 Å². The lowest BCUT2D eigenvalue weighted by Gasteiger charge is -2.19. The summed E-state index contributed by atoms with van der Waals surface area (Å²) in [4.78, 5) is 64.9. The molecule has 1 fully saturated rings. The van der Waals surface area contributed by atoms with Gasteiger partial charge in [0.05, 0.1) is 12.1 Å². The van der Waals surface area contributed by atoms with Crippen LogP contribution in [0.3, 0.4) is 0 Å². The zero-order valence-electron chi connectivity index (χ0n) is 27.4. The molecule has 0 spiro atoms. The first-order valence-electron chi connectivity index (χ1n) is 15.7. The first-order chi connectivity index (χ1) is 25.2. The Morgan fingerprint density at radius 3 is 2.11 bits per heavy atom. The summed E-state index contributed by atoms with van der Waals surface area (Å²) < 4.78 is 43.5. The number of aromatic nitrogens is 3. The van der Waals surface area contributed by atoms with Gasteiger partial charge in [-0.25, -0.2) is 9.79 Å². The molecule has 276 valence electrons. The summed E-state index contributed by atoms with van der Waals surface area (Å²) in [6.45, 7) is -2.46. The van der Waals surface area contributed by atoms with Gasteiger partial charge in [0, 0.05) is 28.6 Å². The van der Waals surface area contributed by atoms with E-state index >= 15 is 0 Å². The van der Waals surface area contributed by atoms with E-state index in [1.165, 1.54) is 36.4 Å². The minimum absolute atomic E-state index is 0.0582. The molecule has 3 aromatic carbocycles. The number of ether oxygens (including phenoxy) is 1. The highest BCUT2D eigenvalue weighted by molar-refractivity contribution is 6.42. The maximum absolute atomic E-state index is 12.9. The smallest absolute Gasteiger partial charge is 0.422 e. The summed E-state index contributed by atoms with van der Waals surface area (Å²) in [6.07, 6.45) is -2.87. The molecule has 15 nitrogen and oxygen atoms in total. The second-order valence-corrected chi connectivity index (χ2v) is 12.0. The maximum Gasteiger partial charge on any atom is 0.422 e. The summed E-state index contributed by atoms with van der Waals surface area (Å²) in [5.41, 5.74) is 0.851. The number of aliphatic carboxylic acids is 1. The molecule has 0 saturated heterocycles. The molecule has 6 N–H and O–H groups in total. The molecule has 0 atom stereocenters. The number of aliphatic hydroxyl groups excluding tert-OH is 1. The third-order valence-electron chi connectivity index (χ3n) is 7.58. The molecule has 1 aliphatic rings. The average molecular weight is 755 g/mol. The Labute approximate surface area is 303 Å². The van der Waals surface area contributed by atoms with E-state index in [1.807, 2.05) is 12.1 Å². The quantitative estimate of drug-likeness (QED) is 0.0786. The summed E-state index contributed by atoms with van der Waals surface area (Å²) in [6, 6.07) is 18.1. The van der Waals surface area contributed by atoms with Crippen molar-refractivity contribution < 1.29 is 47.3 Å².